The van der Waals surface area contributed by atoms with Gasteiger partial charge in [0, 0.05) is 17.3 Å². The van der Waals surface area contributed by atoms with Gasteiger partial charge in [-0.15, -0.1) is 0 Å². The van der Waals surface area contributed by atoms with E-state index in [4.69, 9.17) is 9.26 Å². The van der Waals surface area contributed by atoms with Crippen molar-refractivity contribution in [1.29, 1.82) is 0 Å². The molecule has 3 aromatic rings. The Morgan fingerprint density at radius 1 is 1.07 bits per heavy atom. The summed E-state index contributed by atoms with van der Waals surface area (Å²) in [5.74, 6) is 1.20. The molecule has 0 saturated carbocycles. The summed E-state index contributed by atoms with van der Waals surface area (Å²) in [7, 11) is 1.55. The quantitative estimate of drug-likeness (QED) is 0.670. The van der Waals surface area contributed by atoms with Gasteiger partial charge < -0.3 is 14.6 Å². The Hall–Kier alpha value is -3.49. The van der Waals surface area contributed by atoms with Gasteiger partial charge in [0.2, 0.25) is 0 Å². The number of rotatable bonds is 4. The van der Waals surface area contributed by atoms with Crippen molar-refractivity contribution in [1.82, 2.24) is 5.16 Å². The van der Waals surface area contributed by atoms with Gasteiger partial charge in [-0.25, -0.2) is 4.79 Å². The standard InChI is InChI=1S/C18H14F3N3O3/c1-26-14-7-5-11(6-8-14)15-10-16(24-27-15)23-17(25)22-13-4-2-3-12(9-13)18(19,20)21/h2-10H,1H3,(H2,22,23,24,25). The largest absolute Gasteiger partial charge is 0.497 e. The summed E-state index contributed by atoms with van der Waals surface area (Å²) in [6, 6.07) is 12.1. The molecule has 2 aromatic carbocycles. The summed E-state index contributed by atoms with van der Waals surface area (Å²) in [4.78, 5) is 12.0. The number of carbonyl (C=O) groups excluding carboxylic acids is 1. The average molecular weight is 377 g/mol. The number of hydrogen-bond donors (Lipinski definition) is 2. The third kappa shape index (κ3) is 4.57. The van der Waals surface area contributed by atoms with Crippen LogP contribution >= 0.6 is 0 Å². The van der Waals surface area contributed by atoms with Crippen LogP contribution in [0.4, 0.5) is 29.5 Å². The number of halogens is 3. The average Bonchev–Trinajstić information content (AvgIpc) is 3.09. The summed E-state index contributed by atoms with van der Waals surface area (Å²) in [6.45, 7) is 0. The van der Waals surface area contributed by atoms with Crippen molar-refractivity contribution in [3.05, 3.63) is 60.2 Å². The number of alkyl halides is 3. The Bertz CT molecular complexity index is 937. The van der Waals surface area contributed by atoms with Crippen LogP contribution in [0.2, 0.25) is 0 Å². The third-order valence-electron chi connectivity index (χ3n) is 3.57. The molecule has 0 spiro atoms. The molecule has 27 heavy (non-hydrogen) atoms. The summed E-state index contributed by atoms with van der Waals surface area (Å²) >= 11 is 0. The minimum absolute atomic E-state index is 0.00111. The molecule has 0 atom stereocenters. The van der Waals surface area contributed by atoms with E-state index in [1.807, 2.05) is 0 Å². The topological polar surface area (TPSA) is 76.4 Å². The third-order valence-corrected chi connectivity index (χ3v) is 3.57. The van der Waals surface area contributed by atoms with Crippen molar-refractivity contribution in [3.63, 3.8) is 0 Å². The molecule has 1 heterocycles. The highest BCUT2D eigenvalue weighted by molar-refractivity contribution is 5.99. The second-order valence-corrected chi connectivity index (χ2v) is 5.46. The fourth-order valence-electron chi connectivity index (χ4n) is 2.28. The number of carbonyl (C=O) groups is 1. The van der Waals surface area contributed by atoms with Crippen LogP contribution in [-0.2, 0) is 6.18 Å². The van der Waals surface area contributed by atoms with E-state index in [-0.39, 0.29) is 11.5 Å². The Morgan fingerprint density at radius 2 is 1.81 bits per heavy atom. The van der Waals surface area contributed by atoms with E-state index in [9.17, 15) is 18.0 Å². The van der Waals surface area contributed by atoms with Crippen LogP contribution < -0.4 is 15.4 Å². The molecule has 0 unspecified atom stereocenters. The molecular weight excluding hydrogens is 363 g/mol. The molecule has 0 fully saturated rings. The molecule has 6 nitrogen and oxygen atoms in total. The molecule has 0 aliphatic rings. The van der Waals surface area contributed by atoms with E-state index in [1.54, 1.807) is 31.4 Å². The molecule has 140 valence electrons. The number of anilines is 2. The highest BCUT2D eigenvalue weighted by Crippen LogP contribution is 2.30. The van der Waals surface area contributed by atoms with Gasteiger partial charge in [-0.05, 0) is 42.5 Å². The molecule has 9 heteroatoms. The lowest BCUT2D eigenvalue weighted by molar-refractivity contribution is -0.137. The molecule has 0 radical (unpaired) electrons. The van der Waals surface area contributed by atoms with Gasteiger partial charge in [0.25, 0.3) is 0 Å². The lowest BCUT2D eigenvalue weighted by Crippen LogP contribution is -2.20. The van der Waals surface area contributed by atoms with Gasteiger partial charge in [-0.2, -0.15) is 13.2 Å². The van der Waals surface area contributed by atoms with Gasteiger partial charge in [-0.3, -0.25) is 5.32 Å². The molecule has 2 N–H and O–H groups in total. The van der Waals surface area contributed by atoms with E-state index in [0.29, 0.717) is 11.5 Å². The number of hydrogen-bond acceptors (Lipinski definition) is 4. The van der Waals surface area contributed by atoms with Gasteiger partial charge in [-0.1, -0.05) is 11.2 Å². The summed E-state index contributed by atoms with van der Waals surface area (Å²) in [5.41, 5.74) is -0.139. The number of ether oxygens (including phenoxy) is 1. The van der Waals surface area contributed by atoms with E-state index < -0.39 is 17.8 Å². The maximum Gasteiger partial charge on any atom is 0.416 e. The number of nitrogens with one attached hydrogen (secondary N) is 2. The first-order chi connectivity index (χ1) is 12.8. The van der Waals surface area contributed by atoms with Crippen molar-refractivity contribution in [2.45, 2.75) is 6.18 Å². The zero-order chi connectivity index (χ0) is 19.4. The lowest BCUT2D eigenvalue weighted by Gasteiger charge is -2.09. The fourth-order valence-corrected chi connectivity index (χ4v) is 2.28. The van der Waals surface area contributed by atoms with Crippen LogP contribution in [0.1, 0.15) is 5.56 Å². The lowest BCUT2D eigenvalue weighted by atomic mass is 10.1. The highest BCUT2D eigenvalue weighted by Gasteiger charge is 2.30. The normalized spacial score (nSPS) is 11.1. The zero-order valence-corrected chi connectivity index (χ0v) is 14.0. The number of urea groups is 1. The fraction of sp³-hybridized carbons (Fsp3) is 0.111. The SMILES string of the molecule is COc1ccc(-c2cc(NC(=O)Nc3cccc(C(F)(F)F)c3)no2)cc1. The van der Waals surface area contributed by atoms with E-state index in [1.165, 1.54) is 18.2 Å². The summed E-state index contributed by atoms with van der Waals surface area (Å²) in [5, 5.41) is 8.43. The second-order valence-electron chi connectivity index (χ2n) is 5.46. The molecule has 0 aliphatic carbocycles. The van der Waals surface area contributed by atoms with Crippen molar-refractivity contribution in [2.75, 3.05) is 17.7 Å². The molecule has 3 rings (SSSR count). The first-order valence-electron chi connectivity index (χ1n) is 7.71. The molecule has 2 amide bonds. The minimum atomic E-state index is -4.49. The van der Waals surface area contributed by atoms with Crippen molar-refractivity contribution in [2.24, 2.45) is 0 Å². The Morgan fingerprint density at radius 3 is 2.48 bits per heavy atom. The number of aromatic nitrogens is 1. The number of benzene rings is 2. The predicted octanol–water partition coefficient (Wildman–Crippen LogP) is 5.01. The Labute approximate surface area is 151 Å². The number of methoxy groups -OCH3 is 1. The highest BCUT2D eigenvalue weighted by atomic mass is 19.4. The minimum Gasteiger partial charge on any atom is -0.497 e. The summed E-state index contributed by atoms with van der Waals surface area (Å²) < 4.78 is 48.3. The van der Waals surface area contributed by atoms with Crippen molar-refractivity contribution < 1.29 is 27.2 Å². The Kier molecular flexibility index (Phi) is 5.02. The molecule has 0 bridgehead atoms. The number of amides is 2. The van der Waals surface area contributed by atoms with Crippen molar-refractivity contribution in [3.8, 4) is 17.1 Å². The van der Waals surface area contributed by atoms with E-state index >= 15 is 0 Å². The van der Waals surface area contributed by atoms with Crippen LogP contribution in [0, 0.1) is 0 Å². The maximum atomic E-state index is 12.7. The first-order valence-corrected chi connectivity index (χ1v) is 7.71. The van der Waals surface area contributed by atoms with Gasteiger partial charge in [0.1, 0.15) is 5.75 Å². The molecule has 0 saturated heterocycles. The predicted molar refractivity (Wildman–Crippen MR) is 92.6 cm³/mol. The van der Waals surface area contributed by atoms with Gasteiger partial charge >= 0.3 is 12.2 Å². The smallest absolute Gasteiger partial charge is 0.416 e. The van der Waals surface area contributed by atoms with Crippen molar-refractivity contribution >= 4 is 17.5 Å². The van der Waals surface area contributed by atoms with Crippen LogP contribution in [0.15, 0.2) is 59.1 Å². The molecule has 1 aromatic heterocycles. The second kappa shape index (κ2) is 7.40. The van der Waals surface area contributed by atoms with Gasteiger partial charge in [0.15, 0.2) is 11.6 Å². The van der Waals surface area contributed by atoms with E-state index in [2.05, 4.69) is 15.8 Å². The molecule has 0 aliphatic heterocycles. The Balaban J connectivity index is 1.66. The van der Waals surface area contributed by atoms with E-state index in [0.717, 1.165) is 17.7 Å². The van der Waals surface area contributed by atoms with Crippen LogP contribution in [0.5, 0.6) is 5.75 Å². The first kappa shape index (κ1) is 18.3. The maximum absolute atomic E-state index is 12.7. The van der Waals surface area contributed by atoms with Crippen LogP contribution in [0.3, 0.4) is 0 Å². The van der Waals surface area contributed by atoms with Gasteiger partial charge in [0.05, 0.1) is 12.7 Å². The van der Waals surface area contributed by atoms with Crippen LogP contribution in [-0.4, -0.2) is 18.3 Å². The summed E-state index contributed by atoms with van der Waals surface area (Å²) in [6.07, 6.45) is -4.49. The number of nitrogens with zero attached hydrogens (tertiary/aromatic N) is 1. The monoisotopic (exact) mass is 377 g/mol. The van der Waals surface area contributed by atoms with Crippen LogP contribution in [0.25, 0.3) is 11.3 Å². The molecular formula is C18H14F3N3O3. The zero-order valence-electron chi connectivity index (χ0n) is 14.0.